The number of nitrogens with zero attached hydrogens (tertiary/aromatic N) is 4. The lowest BCUT2D eigenvalue weighted by molar-refractivity contribution is 0.238. The molecule has 27 heavy (non-hydrogen) atoms. The van der Waals surface area contributed by atoms with Crippen LogP contribution in [0.3, 0.4) is 0 Å². The van der Waals surface area contributed by atoms with Crippen LogP contribution < -0.4 is 5.32 Å². The highest BCUT2D eigenvalue weighted by Crippen LogP contribution is 2.27. The molecule has 0 aliphatic carbocycles. The van der Waals surface area contributed by atoms with Crippen molar-refractivity contribution < 1.29 is 4.39 Å². The summed E-state index contributed by atoms with van der Waals surface area (Å²) in [6.45, 7) is 7.55. The van der Waals surface area contributed by atoms with E-state index in [0.29, 0.717) is 5.56 Å². The highest BCUT2D eigenvalue weighted by atomic mass is 19.1. The van der Waals surface area contributed by atoms with Crippen LogP contribution in [0.1, 0.15) is 24.6 Å². The molecule has 3 heterocycles. The van der Waals surface area contributed by atoms with Gasteiger partial charge in [0.15, 0.2) is 5.65 Å². The number of hydrogen-bond acceptors (Lipinski definition) is 4. The average molecular weight is 367 g/mol. The highest BCUT2D eigenvalue weighted by Gasteiger charge is 2.14. The van der Waals surface area contributed by atoms with Crippen molar-refractivity contribution in [3.05, 3.63) is 53.7 Å². The van der Waals surface area contributed by atoms with Crippen LogP contribution in [0.25, 0.3) is 16.8 Å². The first-order valence-corrected chi connectivity index (χ1v) is 9.79. The van der Waals surface area contributed by atoms with Crippen molar-refractivity contribution in [3.63, 3.8) is 0 Å². The maximum Gasteiger partial charge on any atom is 0.163 e. The number of benzene rings is 1. The number of halogens is 1. The van der Waals surface area contributed by atoms with Crippen molar-refractivity contribution in [1.82, 2.24) is 24.8 Å². The van der Waals surface area contributed by atoms with Crippen LogP contribution in [0.5, 0.6) is 0 Å². The first-order valence-electron chi connectivity index (χ1n) is 9.79. The minimum absolute atomic E-state index is 0.229. The van der Waals surface area contributed by atoms with Crippen LogP contribution in [0.4, 0.5) is 4.39 Å². The second-order valence-electron chi connectivity index (χ2n) is 7.11. The summed E-state index contributed by atoms with van der Waals surface area (Å²) >= 11 is 0. The third-order valence-electron chi connectivity index (χ3n) is 5.27. The topological polar surface area (TPSA) is 45.5 Å². The molecule has 0 saturated carbocycles. The second-order valence-corrected chi connectivity index (χ2v) is 7.11. The van der Waals surface area contributed by atoms with E-state index in [-0.39, 0.29) is 5.82 Å². The van der Waals surface area contributed by atoms with Gasteiger partial charge in [-0.3, -0.25) is 0 Å². The Kier molecular flexibility index (Phi) is 5.45. The number of fused-ring (bicyclic) bond motifs is 1. The van der Waals surface area contributed by atoms with E-state index in [1.807, 2.05) is 24.4 Å². The Morgan fingerprint density at radius 3 is 2.81 bits per heavy atom. The molecule has 1 saturated heterocycles. The maximum atomic E-state index is 14.4. The molecule has 4 rings (SSSR count). The number of piperazine rings is 1. The highest BCUT2D eigenvalue weighted by molar-refractivity contribution is 5.77. The fourth-order valence-corrected chi connectivity index (χ4v) is 3.65. The summed E-state index contributed by atoms with van der Waals surface area (Å²) in [4.78, 5) is 7.28. The molecular weight excluding hydrogens is 341 g/mol. The summed E-state index contributed by atoms with van der Waals surface area (Å²) in [5, 5.41) is 7.74. The van der Waals surface area contributed by atoms with Gasteiger partial charge in [0.2, 0.25) is 0 Å². The fraction of sp³-hybridized carbons (Fsp3) is 0.429. The molecule has 6 heteroatoms. The molecule has 5 nitrogen and oxygen atoms in total. The molecule has 0 radical (unpaired) electrons. The lowest BCUT2D eigenvalue weighted by atomic mass is 10.0. The SMILES string of the molecule is CCc1ccc(F)c(-c2cnn3ccc(CCCN4CCNCC4)nc23)c1. The Morgan fingerprint density at radius 2 is 2.00 bits per heavy atom. The summed E-state index contributed by atoms with van der Waals surface area (Å²) in [5.41, 5.74) is 4.20. The van der Waals surface area contributed by atoms with Crippen LogP contribution in [0.15, 0.2) is 36.7 Å². The molecule has 1 N–H and O–H groups in total. The molecule has 0 amide bonds. The van der Waals surface area contributed by atoms with Gasteiger partial charge in [0.25, 0.3) is 0 Å². The molecular formula is C21H26FN5. The Labute approximate surface area is 159 Å². The number of aromatic nitrogens is 3. The molecule has 3 aromatic rings. The lowest BCUT2D eigenvalue weighted by Crippen LogP contribution is -2.43. The van der Waals surface area contributed by atoms with Gasteiger partial charge in [-0.25, -0.2) is 13.9 Å². The van der Waals surface area contributed by atoms with Crippen molar-refractivity contribution in [1.29, 1.82) is 0 Å². The largest absolute Gasteiger partial charge is 0.314 e. The third kappa shape index (κ3) is 4.01. The molecule has 1 aliphatic heterocycles. The first-order chi connectivity index (χ1) is 13.2. The first kappa shape index (κ1) is 18.1. The van der Waals surface area contributed by atoms with E-state index in [4.69, 9.17) is 4.98 Å². The molecule has 0 spiro atoms. The normalized spacial score (nSPS) is 15.5. The van der Waals surface area contributed by atoms with Crippen molar-refractivity contribution in [2.45, 2.75) is 26.2 Å². The van der Waals surface area contributed by atoms with Crippen molar-refractivity contribution in [3.8, 4) is 11.1 Å². The number of aryl methyl sites for hydroxylation is 2. The molecule has 0 unspecified atom stereocenters. The van der Waals surface area contributed by atoms with Gasteiger partial charge in [-0.2, -0.15) is 5.10 Å². The van der Waals surface area contributed by atoms with E-state index in [1.54, 1.807) is 10.7 Å². The molecule has 0 bridgehead atoms. The van der Waals surface area contributed by atoms with Crippen molar-refractivity contribution in [2.24, 2.45) is 0 Å². The van der Waals surface area contributed by atoms with Gasteiger partial charge >= 0.3 is 0 Å². The standard InChI is InChI=1S/C21H26FN5/c1-2-16-5-6-20(22)18(14-16)19-15-24-27-11-7-17(25-21(19)27)4-3-10-26-12-8-23-9-13-26/h5-7,11,14-15,23H,2-4,8-10,12-13H2,1H3. The van der Waals surface area contributed by atoms with Crippen molar-refractivity contribution >= 4 is 5.65 Å². The van der Waals surface area contributed by atoms with Crippen LogP contribution in [-0.2, 0) is 12.8 Å². The van der Waals surface area contributed by atoms with Crippen LogP contribution in [0, 0.1) is 5.82 Å². The van der Waals surface area contributed by atoms with E-state index in [2.05, 4.69) is 22.2 Å². The van der Waals surface area contributed by atoms with Gasteiger partial charge < -0.3 is 10.2 Å². The fourth-order valence-electron chi connectivity index (χ4n) is 3.65. The summed E-state index contributed by atoms with van der Waals surface area (Å²) in [6, 6.07) is 7.29. The Morgan fingerprint density at radius 1 is 1.15 bits per heavy atom. The summed E-state index contributed by atoms with van der Waals surface area (Å²) < 4.78 is 16.2. The predicted molar refractivity (Wildman–Crippen MR) is 105 cm³/mol. The zero-order chi connectivity index (χ0) is 18.6. The minimum atomic E-state index is -0.229. The molecule has 2 aromatic heterocycles. The zero-order valence-electron chi connectivity index (χ0n) is 15.8. The molecule has 1 aromatic carbocycles. The van der Waals surface area contributed by atoms with Gasteiger partial charge in [0.05, 0.1) is 6.20 Å². The molecule has 0 atom stereocenters. The Hall–Kier alpha value is -2.31. The minimum Gasteiger partial charge on any atom is -0.314 e. The van der Waals surface area contributed by atoms with E-state index in [9.17, 15) is 4.39 Å². The second kappa shape index (κ2) is 8.15. The van der Waals surface area contributed by atoms with Gasteiger partial charge in [-0.15, -0.1) is 0 Å². The van der Waals surface area contributed by atoms with Crippen LogP contribution in [0.2, 0.25) is 0 Å². The van der Waals surface area contributed by atoms with E-state index < -0.39 is 0 Å². The maximum absolute atomic E-state index is 14.4. The Balaban J connectivity index is 1.54. The quantitative estimate of drug-likeness (QED) is 0.728. The van der Waals surface area contributed by atoms with Crippen LogP contribution in [-0.4, -0.2) is 52.2 Å². The van der Waals surface area contributed by atoms with Gasteiger partial charge in [-0.05, 0) is 49.6 Å². The zero-order valence-corrected chi connectivity index (χ0v) is 15.8. The van der Waals surface area contributed by atoms with E-state index in [1.165, 1.54) is 6.07 Å². The smallest absolute Gasteiger partial charge is 0.163 e. The van der Waals surface area contributed by atoms with Crippen molar-refractivity contribution in [2.75, 3.05) is 32.7 Å². The monoisotopic (exact) mass is 367 g/mol. The van der Waals surface area contributed by atoms with Gasteiger partial charge in [-0.1, -0.05) is 13.0 Å². The number of nitrogens with one attached hydrogen (secondary N) is 1. The summed E-state index contributed by atoms with van der Waals surface area (Å²) in [7, 11) is 0. The lowest BCUT2D eigenvalue weighted by Gasteiger charge is -2.26. The average Bonchev–Trinajstić information content (AvgIpc) is 3.12. The van der Waals surface area contributed by atoms with Gasteiger partial charge in [0, 0.05) is 49.2 Å². The number of hydrogen-bond donors (Lipinski definition) is 1. The Bertz CT molecular complexity index is 914. The molecule has 1 aliphatic rings. The van der Waals surface area contributed by atoms with Crippen LogP contribution >= 0.6 is 0 Å². The predicted octanol–water partition coefficient (Wildman–Crippen LogP) is 2.94. The third-order valence-corrected chi connectivity index (χ3v) is 5.27. The molecule has 142 valence electrons. The van der Waals surface area contributed by atoms with E-state index in [0.717, 1.165) is 74.5 Å². The van der Waals surface area contributed by atoms with Gasteiger partial charge in [0.1, 0.15) is 5.82 Å². The molecule has 1 fully saturated rings. The number of rotatable bonds is 6. The van der Waals surface area contributed by atoms with E-state index >= 15 is 0 Å². The summed E-state index contributed by atoms with van der Waals surface area (Å²) in [5.74, 6) is -0.229. The summed E-state index contributed by atoms with van der Waals surface area (Å²) in [6.07, 6.45) is 6.50.